The molecule has 18 heavy (non-hydrogen) atoms. The van der Waals surface area contributed by atoms with Crippen LogP contribution < -0.4 is 5.32 Å². The van der Waals surface area contributed by atoms with Crippen LogP contribution in [0.5, 0.6) is 0 Å². The number of hydrogen-bond donors (Lipinski definition) is 1. The summed E-state index contributed by atoms with van der Waals surface area (Å²) in [5.74, 6) is 0. The molecule has 2 rings (SSSR count). The minimum atomic E-state index is 0.960. The van der Waals surface area contributed by atoms with Crippen LogP contribution in [0.3, 0.4) is 0 Å². The quantitative estimate of drug-likeness (QED) is 0.582. The summed E-state index contributed by atoms with van der Waals surface area (Å²) in [6, 6.07) is 10.4. The molecule has 96 valence electrons. The van der Waals surface area contributed by atoms with Gasteiger partial charge in [0.25, 0.3) is 0 Å². The molecule has 1 N–H and O–H groups in total. The highest BCUT2D eigenvalue weighted by atomic mass is 14.8. The Bertz CT molecular complexity index is 389. The number of benzene rings is 1. The molecule has 1 nitrogen and oxygen atoms in total. The van der Waals surface area contributed by atoms with E-state index in [1.54, 1.807) is 5.57 Å². The molecule has 0 aromatic heterocycles. The minimum absolute atomic E-state index is 0.960. The fourth-order valence-electron chi connectivity index (χ4n) is 2.33. The van der Waals surface area contributed by atoms with Crippen molar-refractivity contribution in [1.29, 1.82) is 0 Å². The van der Waals surface area contributed by atoms with Gasteiger partial charge in [-0.1, -0.05) is 54.1 Å². The molecule has 0 heterocycles. The lowest BCUT2D eigenvalue weighted by atomic mass is 9.97. The molecule has 0 atom stereocenters. The minimum Gasteiger partial charge on any atom is -0.313 e. The highest BCUT2D eigenvalue weighted by Gasteiger charge is 2.02. The molecule has 0 fully saturated rings. The lowest BCUT2D eigenvalue weighted by Gasteiger charge is -2.12. The number of rotatable bonds is 6. The van der Waals surface area contributed by atoms with Crippen LogP contribution in [0.2, 0.25) is 0 Å². The fraction of sp³-hybridized carbons (Fsp3) is 0.412. The van der Waals surface area contributed by atoms with E-state index in [1.807, 2.05) is 6.07 Å². The fourth-order valence-corrected chi connectivity index (χ4v) is 2.33. The van der Waals surface area contributed by atoms with Crippen LogP contribution in [0.4, 0.5) is 0 Å². The molecule has 1 aliphatic carbocycles. The third-order valence-electron chi connectivity index (χ3n) is 3.38. The third kappa shape index (κ3) is 4.89. The van der Waals surface area contributed by atoms with Crippen molar-refractivity contribution in [1.82, 2.24) is 5.32 Å². The summed E-state index contributed by atoms with van der Waals surface area (Å²) < 4.78 is 0. The van der Waals surface area contributed by atoms with E-state index in [4.69, 9.17) is 0 Å². The van der Waals surface area contributed by atoms with Crippen molar-refractivity contribution < 1.29 is 0 Å². The average Bonchev–Trinajstić information content (AvgIpc) is 2.45. The topological polar surface area (TPSA) is 12.0 Å². The van der Waals surface area contributed by atoms with Crippen molar-refractivity contribution in [2.75, 3.05) is 13.1 Å². The summed E-state index contributed by atoms with van der Waals surface area (Å²) in [6.07, 6.45) is 13.4. The predicted molar refractivity (Wildman–Crippen MR) is 79.5 cm³/mol. The van der Waals surface area contributed by atoms with Crippen LogP contribution in [0.1, 0.15) is 37.7 Å². The molecule has 0 aliphatic heterocycles. The molecule has 0 radical (unpaired) electrons. The molecule has 0 bridgehead atoms. The summed E-state index contributed by atoms with van der Waals surface area (Å²) in [7, 11) is 0. The second-order valence-electron chi connectivity index (χ2n) is 4.88. The van der Waals surface area contributed by atoms with Crippen LogP contribution >= 0.6 is 0 Å². The normalized spacial score (nSPS) is 15.9. The van der Waals surface area contributed by atoms with Gasteiger partial charge < -0.3 is 5.32 Å². The van der Waals surface area contributed by atoms with E-state index < -0.39 is 0 Å². The Balaban J connectivity index is 1.58. The van der Waals surface area contributed by atoms with Crippen LogP contribution in [-0.2, 0) is 0 Å². The van der Waals surface area contributed by atoms with Gasteiger partial charge in [0, 0.05) is 6.54 Å². The zero-order valence-electron chi connectivity index (χ0n) is 11.1. The zero-order valence-corrected chi connectivity index (χ0v) is 11.1. The van der Waals surface area contributed by atoms with Crippen LogP contribution in [-0.4, -0.2) is 13.1 Å². The Labute approximate surface area is 111 Å². The van der Waals surface area contributed by atoms with Gasteiger partial charge in [0.2, 0.25) is 0 Å². The van der Waals surface area contributed by atoms with Crippen molar-refractivity contribution in [3.63, 3.8) is 0 Å². The zero-order chi connectivity index (χ0) is 12.5. The Morgan fingerprint density at radius 2 is 2.00 bits per heavy atom. The maximum Gasteiger partial charge on any atom is 0.0138 e. The Morgan fingerprint density at radius 3 is 2.78 bits per heavy atom. The number of allylic oxidation sites excluding steroid dienone is 1. The van der Waals surface area contributed by atoms with E-state index >= 15 is 0 Å². The molecule has 0 saturated carbocycles. The van der Waals surface area contributed by atoms with E-state index in [0.29, 0.717) is 0 Å². The average molecular weight is 241 g/mol. The first-order valence-corrected chi connectivity index (χ1v) is 7.05. The van der Waals surface area contributed by atoms with Crippen LogP contribution in [0.25, 0.3) is 6.08 Å². The Kier molecular flexibility index (Phi) is 5.74. The maximum absolute atomic E-state index is 3.48. The smallest absolute Gasteiger partial charge is 0.0138 e. The summed E-state index contributed by atoms with van der Waals surface area (Å²) >= 11 is 0. The SMILES string of the molecule is C1=C(CCNC/C=C/c2ccccc2)CCCC1. The Morgan fingerprint density at radius 1 is 1.11 bits per heavy atom. The summed E-state index contributed by atoms with van der Waals surface area (Å²) in [5, 5.41) is 3.48. The van der Waals surface area contributed by atoms with Gasteiger partial charge in [0.05, 0.1) is 0 Å². The molecule has 0 amide bonds. The van der Waals surface area contributed by atoms with Crippen molar-refractivity contribution in [3.8, 4) is 0 Å². The summed E-state index contributed by atoms with van der Waals surface area (Å²) in [6.45, 7) is 2.06. The number of nitrogens with one attached hydrogen (secondary N) is 1. The monoisotopic (exact) mass is 241 g/mol. The highest BCUT2D eigenvalue weighted by Crippen LogP contribution is 2.19. The summed E-state index contributed by atoms with van der Waals surface area (Å²) in [4.78, 5) is 0. The molecule has 1 aliphatic rings. The molecule has 0 spiro atoms. The van der Waals surface area contributed by atoms with Crippen molar-refractivity contribution in [2.45, 2.75) is 32.1 Å². The maximum atomic E-state index is 3.48. The molecule has 0 unspecified atom stereocenters. The lowest BCUT2D eigenvalue weighted by molar-refractivity contribution is 0.651. The van der Waals surface area contributed by atoms with Gasteiger partial charge in [0.1, 0.15) is 0 Å². The first-order chi connectivity index (χ1) is 8.95. The first kappa shape index (κ1) is 13.1. The Hall–Kier alpha value is -1.34. The van der Waals surface area contributed by atoms with E-state index in [1.165, 1.54) is 37.7 Å². The highest BCUT2D eigenvalue weighted by molar-refractivity contribution is 5.48. The molecular formula is C17H23N. The van der Waals surface area contributed by atoms with Crippen molar-refractivity contribution in [2.24, 2.45) is 0 Å². The molecular weight excluding hydrogens is 218 g/mol. The third-order valence-corrected chi connectivity index (χ3v) is 3.38. The van der Waals surface area contributed by atoms with E-state index in [2.05, 4.69) is 47.8 Å². The van der Waals surface area contributed by atoms with Gasteiger partial charge in [-0.25, -0.2) is 0 Å². The van der Waals surface area contributed by atoms with Gasteiger partial charge in [-0.15, -0.1) is 0 Å². The predicted octanol–water partition coefficient (Wildman–Crippen LogP) is 4.18. The van der Waals surface area contributed by atoms with Gasteiger partial charge in [-0.05, 0) is 44.2 Å². The van der Waals surface area contributed by atoms with Gasteiger partial charge in [-0.3, -0.25) is 0 Å². The van der Waals surface area contributed by atoms with Crippen molar-refractivity contribution in [3.05, 3.63) is 53.6 Å². The molecule has 1 aromatic rings. The summed E-state index contributed by atoms with van der Waals surface area (Å²) in [5.41, 5.74) is 2.93. The van der Waals surface area contributed by atoms with E-state index in [9.17, 15) is 0 Å². The second kappa shape index (κ2) is 7.88. The van der Waals surface area contributed by atoms with E-state index in [0.717, 1.165) is 13.1 Å². The molecule has 1 aromatic carbocycles. The molecule has 1 heteroatoms. The number of hydrogen-bond acceptors (Lipinski definition) is 1. The van der Waals surface area contributed by atoms with Crippen LogP contribution in [0.15, 0.2) is 48.1 Å². The standard InChI is InChI=1S/C17H23N/c1-3-8-16(9-4-1)12-7-14-18-15-13-17-10-5-2-6-11-17/h1,3-4,7-10,12,18H,2,5-6,11,13-15H2/b12-7+. The molecule has 0 saturated heterocycles. The first-order valence-electron chi connectivity index (χ1n) is 7.05. The van der Waals surface area contributed by atoms with Gasteiger partial charge >= 0.3 is 0 Å². The van der Waals surface area contributed by atoms with Crippen molar-refractivity contribution >= 4 is 6.08 Å². The van der Waals surface area contributed by atoms with Gasteiger partial charge in [-0.2, -0.15) is 0 Å². The van der Waals surface area contributed by atoms with Crippen LogP contribution in [0, 0.1) is 0 Å². The van der Waals surface area contributed by atoms with E-state index in [-0.39, 0.29) is 0 Å². The lowest BCUT2D eigenvalue weighted by Crippen LogP contribution is -2.15. The largest absolute Gasteiger partial charge is 0.313 e. The second-order valence-corrected chi connectivity index (χ2v) is 4.88. The van der Waals surface area contributed by atoms with Gasteiger partial charge in [0.15, 0.2) is 0 Å².